The van der Waals surface area contributed by atoms with Crippen LogP contribution >= 0.6 is 23.2 Å². The summed E-state index contributed by atoms with van der Waals surface area (Å²) < 4.78 is 0. The lowest BCUT2D eigenvalue weighted by Gasteiger charge is -2.02. The molecular weight excluding hydrogens is 233 g/mol. The zero-order chi connectivity index (χ0) is 10.8. The van der Waals surface area contributed by atoms with Gasteiger partial charge in [0.05, 0.1) is 15.7 Å². The summed E-state index contributed by atoms with van der Waals surface area (Å²) in [7, 11) is 0. The van der Waals surface area contributed by atoms with Gasteiger partial charge in [0.25, 0.3) is 0 Å². The van der Waals surface area contributed by atoms with Gasteiger partial charge < -0.3 is 5.73 Å². The Labute approximate surface area is 96.9 Å². The summed E-state index contributed by atoms with van der Waals surface area (Å²) in [6.07, 6.45) is 1.60. The van der Waals surface area contributed by atoms with Crippen LogP contribution in [0.2, 0.25) is 10.0 Å². The molecule has 2 rings (SSSR count). The molecular formula is C10H7Cl2N3. The van der Waals surface area contributed by atoms with Crippen LogP contribution in [-0.4, -0.2) is 9.97 Å². The molecule has 2 N–H and O–H groups in total. The summed E-state index contributed by atoms with van der Waals surface area (Å²) in [5.74, 6) is 0.235. The van der Waals surface area contributed by atoms with Gasteiger partial charge in [-0.05, 0) is 18.2 Å². The maximum absolute atomic E-state index is 5.90. The largest absolute Gasteiger partial charge is 0.368 e. The number of aromatic nitrogens is 2. The molecule has 0 aliphatic heterocycles. The van der Waals surface area contributed by atoms with Crippen LogP contribution in [0.3, 0.4) is 0 Å². The molecule has 0 atom stereocenters. The Morgan fingerprint density at radius 3 is 2.53 bits per heavy atom. The van der Waals surface area contributed by atoms with Crippen LogP contribution in [0, 0.1) is 0 Å². The van der Waals surface area contributed by atoms with E-state index < -0.39 is 0 Å². The molecule has 0 amide bonds. The second kappa shape index (κ2) is 4.04. The number of hydrogen-bond acceptors (Lipinski definition) is 3. The van der Waals surface area contributed by atoms with Crippen molar-refractivity contribution in [3.05, 3.63) is 40.5 Å². The highest BCUT2D eigenvalue weighted by Crippen LogP contribution is 2.27. The van der Waals surface area contributed by atoms with Gasteiger partial charge in [-0.1, -0.05) is 29.3 Å². The molecule has 0 spiro atoms. The number of nitrogens with zero attached hydrogens (tertiary/aromatic N) is 2. The van der Waals surface area contributed by atoms with Crippen molar-refractivity contribution < 1.29 is 0 Å². The second-order valence-electron chi connectivity index (χ2n) is 2.93. The lowest BCUT2D eigenvalue weighted by Crippen LogP contribution is -1.94. The highest BCUT2D eigenvalue weighted by Gasteiger charge is 2.03. The molecule has 0 aliphatic carbocycles. The normalized spacial score (nSPS) is 10.3. The van der Waals surface area contributed by atoms with Crippen LogP contribution in [0.4, 0.5) is 5.95 Å². The fraction of sp³-hybridized carbons (Fsp3) is 0. The molecule has 1 aromatic carbocycles. The molecule has 0 unspecified atom stereocenters. The molecule has 0 fully saturated rings. The number of halogens is 2. The summed E-state index contributed by atoms with van der Waals surface area (Å²) in [6, 6.07) is 7.05. The predicted molar refractivity (Wildman–Crippen MR) is 61.9 cm³/mol. The molecule has 0 saturated carbocycles. The van der Waals surface area contributed by atoms with E-state index in [-0.39, 0.29) is 5.95 Å². The van der Waals surface area contributed by atoms with Crippen molar-refractivity contribution >= 4 is 29.2 Å². The van der Waals surface area contributed by atoms with Crippen molar-refractivity contribution in [3.63, 3.8) is 0 Å². The first-order valence-corrected chi connectivity index (χ1v) is 4.96. The van der Waals surface area contributed by atoms with Crippen molar-refractivity contribution in [1.82, 2.24) is 9.97 Å². The first kappa shape index (κ1) is 10.2. The van der Waals surface area contributed by atoms with Crippen molar-refractivity contribution in [2.24, 2.45) is 0 Å². The third-order valence-electron chi connectivity index (χ3n) is 1.89. The van der Waals surface area contributed by atoms with Gasteiger partial charge in [-0.3, -0.25) is 0 Å². The smallest absolute Gasteiger partial charge is 0.220 e. The third kappa shape index (κ3) is 2.19. The van der Waals surface area contributed by atoms with E-state index in [1.807, 2.05) is 6.07 Å². The molecule has 2 aromatic rings. The standard InChI is InChI=1S/C10H7Cl2N3/c11-7-2-1-6(5-8(7)12)9-3-4-14-10(13)15-9/h1-5H,(H2,13,14,15). The number of rotatable bonds is 1. The van der Waals surface area contributed by atoms with Crippen molar-refractivity contribution in [3.8, 4) is 11.3 Å². The lowest BCUT2D eigenvalue weighted by atomic mass is 10.1. The number of nitrogens with two attached hydrogens (primary N) is 1. The van der Waals surface area contributed by atoms with Gasteiger partial charge in [0.15, 0.2) is 0 Å². The number of benzene rings is 1. The molecule has 0 radical (unpaired) electrons. The van der Waals surface area contributed by atoms with E-state index in [0.717, 1.165) is 11.3 Å². The lowest BCUT2D eigenvalue weighted by molar-refractivity contribution is 1.19. The summed E-state index contributed by atoms with van der Waals surface area (Å²) in [4.78, 5) is 7.89. The topological polar surface area (TPSA) is 51.8 Å². The number of anilines is 1. The van der Waals surface area contributed by atoms with Gasteiger partial charge in [-0.2, -0.15) is 0 Å². The Balaban J connectivity index is 2.50. The fourth-order valence-electron chi connectivity index (χ4n) is 1.19. The van der Waals surface area contributed by atoms with E-state index in [2.05, 4.69) is 9.97 Å². The minimum Gasteiger partial charge on any atom is -0.368 e. The third-order valence-corrected chi connectivity index (χ3v) is 2.63. The van der Waals surface area contributed by atoms with E-state index in [0.29, 0.717) is 10.0 Å². The van der Waals surface area contributed by atoms with Crippen molar-refractivity contribution in [2.45, 2.75) is 0 Å². The maximum atomic E-state index is 5.90. The first-order chi connectivity index (χ1) is 7.16. The molecule has 3 nitrogen and oxygen atoms in total. The van der Waals surface area contributed by atoms with E-state index in [1.165, 1.54) is 0 Å². The molecule has 5 heteroatoms. The number of nitrogen functional groups attached to an aromatic ring is 1. The van der Waals surface area contributed by atoms with Gasteiger partial charge in [0, 0.05) is 11.8 Å². The Kier molecular flexibility index (Phi) is 2.75. The minimum absolute atomic E-state index is 0.235. The zero-order valence-electron chi connectivity index (χ0n) is 7.61. The molecule has 0 aliphatic rings. The van der Waals surface area contributed by atoms with Gasteiger partial charge in [0.1, 0.15) is 0 Å². The van der Waals surface area contributed by atoms with Crippen molar-refractivity contribution in [2.75, 3.05) is 5.73 Å². The summed E-state index contributed by atoms with van der Waals surface area (Å²) in [5.41, 5.74) is 7.07. The zero-order valence-corrected chi connectivity index (χ0v) is 9.13. The second-order valence-corrected chi connectivity index (χ2v) is 3.74. The SMILES string of the molecule is Nc1nccc(-c2ccc(Cl)c(Cl)c2)n1. The van der Waals surface area contributed by atoms with Crippen LogP contribution in [0.25, 0.3) is 11.3 Å². The highest BCUT2D eigenvalue weighted by molar-refractivity contribution is 6.42. The van der Waals surface area contributed by atoms with Gasteiger partial charge in [0.2, 0.25) is 5.95 Å². The predicted octanol–water partition coefficient (Wildman–Crippen LogP) is 3.03. The number of hydrogen-bond donors (Lipinski definition) is 1. The molecule has 1 aromatic heterocycles. The Hall–Kier alpha value is -1.32. The van der Waals surface area contributed by atoms with Crippen LogP contribution < -0.4 is 5.73 Å². The highest BCUT2D eigenvalue weighted by atomic mass is 35.5. The van der Waals surface area contributed by atoms with E-state index in [4.69, 9.17) is 28.9 Å². The Morgan fingerprint density at radius 2 is 1.87 bits per heavy atom. The molecule has 15 heavy (non-hydrogen) atoms. The maximum Gasteiger partial charge on any atom is 0.220 e. The Morgan fingerprint density at radius 1 is 1.07 bits per heavy atom. The van der Waals surface area contributed by atoms with Crippen LogP contribution in [0.1, 0.15) is 0 Å². The quantitative estimate of drug-likeness (QED) is 0.833. The average molecular weight is 240 g/mol. The van der Waals surface area contributed by atoms with Crippen LogP contribution in [-0.2, 0) is 0 Å². The van der Waals surface area contributed by atoms with E-state index in [1.54, 1.807) is 24.4 Å². The Bertz CT molecular complexity index is 500. The van der Waals surface area contributed by atoms with Crippen molar-refractivity contribution in [1.29, 1.82) is 0 Å². The van der Waals surface area contributed by atoms with Gasteiger partial charge >= 0.3 is 0 Å². The first-order valence-electron chi connectivity index (χ1n) is 4.21. The summed E-state index contributed by atoms with van der Waals surface area (Å²) in [6.45, 7) is 0. The van der Waals surface area contributed by atoms with E-state index >= 15 is 0 Å². The van der Waals surface area contributed by atoms with Gasteiger partial charge in [-0.15, -0.1) is 0 Å². The summed E-state index contributed by atoms with van der Waals surface area (Å²) >= 11 is 11.7. The average Bonchev–Trinajstić information content (AvgIpc) is 2.22. The summed E-state index contributed by atoms with van der Waals surface area (Å²) in [5, 5.41) is 1.01. The molecule has 0 saturated heterocycles. The van der Waals surface area contributed by atoms with Crippen LogP contribution in [0.15, 0.2) is 30.5 Å². The molecule has 1 heterocycles. The monoisotopic (exact) mass is 239 g/mol. The fourth-order valence-corrected chi connectivity index (χ4v) is 1.49. The minimum atomic E-state index is 0.235. The molecule has 0 bridgehead atoms. The van der Waals surface area contributed by atoms with Crippen LogP contribution in [0.5, 0.6) is 0 Å². The molecule has 76 valence electrons. The van der Waals surface area contributed by atoms with Gasteiger partial charge in [-0.25, -0.2) is 9.97 Å². The van der Waals surface area contributed by atoms with E-state index in [9.17, 15) is 0 Å².